The van der Waals surface area contributed by atoms with Gasteiger partial charge in [0.05, 0.1) is 6.10 Å². The van der Waals surface area contributed by atoms with Crippen LogP contribution >= 0.6 is 0 Å². The van der Waals surface area contributed by atoms with Gasteiger partial charge < -0.3 is 15.4 Å². The lowest BCUT2D eigenvalue weighted by Crippen LogP contribution is -2.31. The summed E-state index contributed by atoms with van der Waals surface area (Å²) in [6.45, 7) is 6.46. The molecule has 1 aliphatic heterocycles. The Morgan fingerprint density at radius 2 is 2.33 bits per heavy atom. The van der Waals surface area contributed by atoms with Crippen molar-refractivity contribution in [3.05, 3.63) is 29.8 Å². The first-order valence-electron chi connectivity index (χ1n) is 6.92. The number of nitrogens with two attached hydrogens (primary N) is 1. The van der Waals surface area contributed by atoms with E-state index in [1.165, 1.54) is 18.5 Å². The fourth-order valence-corrected chi connectivity index (χ4v) is 2.54. The van der Waals surface area contributed by atoms with E-state index in [0.717, 1.165) is 38.2 Å². The highest BCUT2D eigenvalue weighted by molar-refractivity contribution is 5.40. The highest BCUT2D eigenvalue weighted by atomic mass is 16.5. The molecule has 18 heavy (non-hydrogen) atoms. The molecule has 1 unspecified atom stereocenters. The molecular weight excluding hydrogens is 224 g/mol. The molecule has 3 heteroatoms. The van der Waals surface area contributed by atoms with Gasteiger partial charge in [0, 0.05) is 25.4 Å². The third kappa shape index (κ3) is 4.31. The Bertz CT molecular complexity index is 367. The molecular formula is C15H24N2O. The molecule has 2 rings (SSSR count). The molecule has 1 aromatic carbocycles. The maximum atomic E-state index is 5.79. The minimum absolute atomic E-state index is 0.375. The van der Waals surface area contributed by atoms with E-state index in [2.05, 4.69) is 24.0 Å². The first kappa shape index (κ1) is 13.4. The van der Waals surface area contributed by atoms with Crippen molar-refractivity contribution < 1.29 is 4.74 Å². The van der Waals surface area contributed by atoms with E-state index in [4.69, 9.17) is 10.5 Å². The molecule has 1 heterocycles. The van der Waals surface area contributed by atoms with Crippen LogP contribution in [0.3, 0.4) is 0 Å². The molecule has 1 aliphatic rings. The fourth-order valence-electron chi connectivity index (χ4n) is 2.54. The second-order valence-corrected chi connectivity index (χ2v) is 5.18. The zero-order valence-electron chi connectivity index (χ0n) is 11.3. The Hall–Kier alpha value is -1.06. The zero-order chi connectivity index (χ0) is 12.8. The zero-order valence-corrected chi connectivity index (χ0v) is 11.3. The van der Waals surface area contributed by atoms with Gasteiger partial charge in [-0.2, -0.15) is 0 Å². The molecule has 1 saturated heterocycles. The fraction of sp³-hybridized carbons (Fsp3) is 0.600. The van der Waals surface area contributed by atoms with Crippen molar-refractivity contribution in [2.24, 2.45) is 0 Å². The van der Waals surface area contributed by atoms with Gasteiger partial charge in [0.25, 0.3) is 0 Å². The van der Waals surface area contributed by atoms with E-state index < -0.39 is 0 Å². The number of rotatable bonds is 4. The number of hydrogen-bond acceptors (Lipinski definition) is 3. The molecule has 1 aromatic rings. The minimum Gasteiger partial charge on any atom is -0.399 e. The van der Waals surface area contributed by atoms with Crippen LogP contribution in [0.1, 0.15) is 25.3 Å². The molecule has 0 bridgehead atoms. The maximum absolute atomic E-state index is 5.79. The average molecular weight is 248 g/mol. The molecule has 100 valence electrons. The molecule has 0 aliphatic carbocycles. The predicted molar refractivity (Wildman–Crippen MR) is 75.6 cm³/mol. The van der Waals surface area contributed by atoms with Gasteiger partial charge in [-0.3, -0.25) is 0 Å². The van der Waals surface area contributed by atoms with Crippen molar-refractivity contribution in [2.45, 2.75) is 32.3 Å². The van der Waals surface area contributed by atoms with Crippen molar-refractivity contribution >= 4 is 5.69 Å². The smallest absolute Gasteiger partial charge is 0.0673 e. The van der Waals surface area contributed by atoms with Crippen molar-refractivity contribution in [3.63, 3.8) is 0 Å². The van der Waals surface area contributed by atoms with Crippen LogP contribution in [-0.4, -0.2) is 37.2 Å². The largest absolute Gasteiger partial charge is 0.399 e. The SMILES string of the molecule is CC1CN(CCCc2cccc(N)c2)CCCO1. The molecule has 2 N–H and O–H groups in total. The summed E-state index contributed by atoms with van der Waals surface area (Å²) in [7, 11) is 0. The van der Waals surface area contributed by atoms with Crippen molar-refractivity contribution in [2.75, 3.05) is 32.0 Å². The number of hydrogen-bond donors (Lipinski definition) is 1. The van der Waals surface area contributed by atoms with E-state index in [9.17, 15) is 0 Å². The van der Waals surface area contributed by atoms with Crippen LogP contribution in [0.15, 0.2) is 24.3 Å². The van der Waals surface area contributed by atoms with Gasteiger partial charge in [-0.25, -0.2) is 0 Å². The first-order valence-corrected chi connectivity index (χ1v) is 6.92. The molecule has 0 spiro atoms. The van der Waals surface area contributed by atoms with Crippen LogP contribution in [0.25, 0.3) is 0 Å². The molecule has 0 aromatic heterocycles. The summed E-state index contributed by atoms with van der Waals surface area (Å²) in [5, 5.41) is 0. The summed E-state index contributed by atoms with van der Waals surface area (Å²) < 4.78 is 5.66. The van der Waals surface area contributed by atoms with E-state index >= 15 is 0 Å². The summed E-state index contributed by atoms with van der Waals surface area (Å²) in [6.07, 6.45) is 3.83. The number of aryl methyl sites for hydroxylation is 1. The van der Waals surface area contributed by atoms with Crippen LogP contribution in [-0.2, 0) is 11.2 Å². The third-order valence-corrected chi connectivity index (χ3v) is 3.43. The Kier molecular flexibility index (Phi) is 5.02. The standard InChI is InChI=1S/C15H24N2O/c1-13-12-17(9-4-10-18-13)8-3-6-14-5-2-7-15(16)11-14/h2,5,7,11,13H,3-4,6,8-10,12,16H2,1H3. The number of anilines is 1. The number of benzene rings is 1. The summed E-state index contributed by atoms with van der Waals surface area (Å²) in [5.74, 6) is 0. The molecule has 0 radical (unpaired) electrons. The average Bonchev–Trinajstić information content (AvgIpc) is 2.54. The van der Waals surface area contributed by atoms with E-state index in [0.29, 0.717) is 6.10 Å². The lowest BCUT2D eigenvalue weighted by molar-refractivity contribution is 0.0676. The Balaban J connectivity index is 1.74. The van der Waals surface area contributed by atoms with Gasteiger partial charge in [0.2, 0.25) is 0 Å². The van der Waals surface area contributed by atoms with Gasteiger partial charge in [0.1, 0.15) is 0 Å². The highest BCUT2D eigenvalue weighted by Crippen LogP contribution is 2.11. The van der Waals surface area contributed by atoms with Crippen LogP contribution in [0.2, 0.25) is 0 Å². The summed E-state index contributed by atoms with van der Waals surface area (Å²) in [4.78, 5) is 2.52. The lowest BCUT2D eigenvalue weighted by Gasteiger charge is -2.21. The second-order valence-electron chi connectivity index (χ2n) is 5.18. The lowest BCUT2D eigenvalue weighted by atomic mass is 10.1. The van der Waals surface area contributed by atoms with E-state index in [1.54, 1.807) is 0 Å². The minimum atomic E-state index is 0.375. The molecule has 1 fully saturated rings. The third-order valence-electron chi connectivity index (χ3n) is 3.43. The van der Waals surface area contributed by atoms with Gasteiger partial charge in [-0.1, -0.05) is 12.1 Å². The maximum Gasteiger partial charge on any atom is 0.0673 e. The van der Waals surface area contributed by atoms with Gasteiger partial charge in [-0.15, -0.1) is 0 Å². The highest BCUT2D eigenvalue weighted by Gasteiger charge is 2.14. The Morgan fingerprint density at radius 3 is 3.17 bits per heavy atom. The van der Waals surface area contributed by atoms with Crippen molar-refractivity contribution in [1.82, 2.24) is 4.90 Å². The Morgan fingerprint density at radius 1 is 1.44 bits per heavy atom. The monoisotopic (exact) mass is 248 g/mol. The predicted octanol–water partition coefficient (Wildman–Crippen LogP) is 2.31. The topological polar surface area (TPSA) is 38.5 Å². The molecule has 0 saturated carbocycles. The number of nitrogens with zero attached hydrogens (tertiary/aromatic N) is 1. The Labute approximate surface area is 110 Å². The van der Waals surface area contributed by atoms with Crippen molar-refractivity contribution in [3.8, 4) is 0 Å². The molecule has 3 nitrogen and oxygen atoms in total. The van der Waals surface area contributed by atoms with Crippen LogP contribution in [0.5, 0.6) is 0 Å². The quantitative estimate of drug-likeness (QED) is 0.831. The summed E-state index contributed by atoms with van der Waals surface area (Å²) >= 11 is 0. The van der Waals surface area contributed by atoms with Crippen molar-refractivity contribution in [1.29, 1.82) is 0 Å². The van der Waals surface area contributed by atoms with Crippen LogP contribution < -0.4 is 5.73 Å². The van der Waals surface area contributed by atoms with E-state index in [1.807, 2.05) is 12.1 Å². The van der Waals surface area contributed by atoms with Crippen LogP contribution in [0, 0.1) is 0 Å². The van der Waals surface area contributed by atoms with Gasteiger partial charge >= 0.3 is 0 Å². The molecule has 0 amide bonds. The first-order chi connectivity index (χ1) is 8.74. The second kappa shape index (κ2) is 6.76. The van der Waals surface area contributed by atoms with Gasteiger partial charge in [0.15, 0.2) is 0 Å². The molecule has 1 atom stereocenters. The number of nitrogen functional groups attached to an aromatic ring is 1. The van der Waals surface area contributed by atoms with E-state index in [-0.39, 0.29) is 0 Å². The number of ether oxygens (including phenoxy) is 1. The normalized spacial score (nSPS) is 21.7. The summed E-state index contributed by atoms with van der Waals surface area (Å²) in [5.41, 5.74) is 7.99. The van der Waals surface area contributed by atoms with Crippen LogP contribution in [0.4, 0.5) is 5.69 Å². The van der Waals surface area contributed by atoms with Gasteiger partial charge in [-0.05, 0) is 50.4 Å². The summed E-state index contributed by atoms with van der Waals surface area (Å²) in [6, 6.07) is 8.21.